The van der Waals surface area contributed by atoms with Gasteiger partial charge in [0.15, 0.2) is 0 Å². The summed E-state index contributed by atoms with van der Waals surface area (Å²) in [6.07, 6.45) is 2.26. The Bertz CT molecular complexity index is 1360. The fourth-order valence-electron chi connectivity index (χ4n) is 4.37. The Kier molecular flexibility index (Phi) is 7.36. The monoisotopic (exact) mass is 464 g/mol. The van der Waals surface area contributed by atoms with E-state index in [1.807, 2.05) is 49.4 Å². The van der Waals surface area contributed by atoms with Crippen molar-refractivity contribution in [3.8, 4) is 11.1 Å². The zero-order valence-electron chi connectivity index (χ0n) is 20.1. The van der Waals surface area contributed by atoms with Crippen LogP contribution in [0, 0.1) is 13.8 Å². The fraction of sp³-hybridized carbons (Fsp3) is 0.167. The van der Waals surface area contributed by atoms with E-state index in [-0.39, 0.29) is 11.9 Å². The Morgan fingerprint density at radius 2 is 1.69 bits per heavy atom. The molecule has 176 valence electrons. The predicted molar refractivity (Wildman–Crippen MR) is 138 cm³/mol. The highest BCUT2D eigenvalue weighted by Gasteiger charge is 2.21. The van der Waals surface area contributed by atoms with Crippen LogP contribution < -0.4 is 0 Å². The standard InChI is InChI=1S/C30H28N2O3/c1-20-7-4-5-10-27(20)28(19-29(32-34)26-15-16-31-21(2)17-26)25-9-6-8-24(18-25)22-11-13-23(14-12-22)30(33)35-3/h4-18,28,34H,19H2,1-3H3. The molecular weight excluding hydrogens is 436 g/mol. The van der Waals surface area contributed by atoms with Crippen molar-refractivity contribution in [3.63, 3.8) is 0 Å². The van der Waals surface area contributed by atoms with Crippen molar-refractivity contribution in [1.82, 2.24) is 4.98 Å². The third-order valence-corrected chi connectivity index (χ3v) is 6.24. The lowest BCUT2D eigenvalue weighted by Gasteiger charge is -2.22. The Morgan fingerprint density at radius 1 is 0.914 bits per heavy atom. The SMILES string of the molecule is COC(=O)c1ccc(-c2cccc(C(CC(=NO)c3ccnc(C)c3)c3ccccc3C)c2)cc1. The van der Waals surface area contributed by atoms with Gasteiger partial charge in [0.1, 0.15) is 0 Å². The molecule has 4 rings (SSSR count). The maximum Gasteiger partial charge on any atom is 0.337 e. The second kappa shape index (κ2) is 10.8. The molecule has 1 aromatic heterocycles. The van der Waals surface area contributed by atoms with Crippen molar-refractivity contribution in [3.05, 3.63) is 125 Å². The lowest BCUT2D eigenvalue weighted by atomic mass is 9.82. The zero-order chi connectivity index (χ0) is 24.8. The number of esters is 1. The minimum atomic E-state index is -0.355. The fourth-order valence-corrected chi connectivity index (χ4v) is 4.37. The zero-order valence-corrected chi connectivity index (χ0v) is 20.1. The van der Waals surface area contributed by atoms with Crippen LogP contribution in [0.4, 0.5) is 0 Å². The molecule has 1 atom stereocenters. The summed E-state index contributed by atoms with van der Waals surface area (Å²) in [5.74, 6) is -0.378. The highest BCUT2D eigenvalue weighted by atomic mass is 16.5. The second-order valence-electron chi connectivity index (χ2n) is 8.54. The van der Waals surface area contributed by atoms with E-state index in [1.54, 1.807) is 18.3 Å². The van der Waals surface area contributed by atoms with Gasteiger partial charge >= 0.3 is 5.97 Å². The maximum absolute atomic E-state index is 11.8. The largest absolute Gasteiger partial charge is 0.465 e. The number of oxime groups is 1. The first-order chi connectivity index (χ1) is 17.0. The van der Waals surface area contributed by atoms with Crippen LogP contribution >= 0.6 is 0 Å². The molecule has 0 aliphatic heterocycles. The first-order valence-electron chi connectivity index (χ1n) is 11.5. The number of hydrogen-bond acceptors (Lipinski definition) is 5. The quantitative estimate of drug-likeness (QED) is 0.146. The minimum Gasteiger partial charge on any atom is -0.465 e. The number of aryl methyl sites for hydroxylation is 2. The lowest BCUT2D eigenvalue weighted by Crippen LogP contribution is -2.12. The van der Waals surface area contributed by atoms with E-state index in [0.717, 1.165) is 27.9 Å². The van der Waals surface area contributed by atoms with Crippen LogP contribution in [0.3, 0.4) is 0 Å². The lowest BCUT2D eigenvalue weighted by molar-refractivity contribution is 0.0600. The van der Waals surface area contributed by atoms with Gasteiger partial charge in [0.2, 0.25) is 0 Å². The number of benzene rings is 3. The number of nitrogens with zero attached hydrogens (tertiary/aromatic N) is 2. The predicted octanol–water partition coefficient (Wildman–Crippen LogP) is 6.55. The highest BCUT2D eigenvalue weighted by molar-refractivity contribution is 6.01. The van der Waals surface area contributed by atoms with E-state index in [9.17, 15) is 10.0 Å². The van der Waals surface area contributed by atoms with Gasteiger partial charge < -0.3 is 9.94 Å². The van der Waals surface area contributed by atoms with Gasteiger partial charge in [-0.05, 0) is 65.9 Å². The van der Waals surface area contributed by atoms with E-state index >= 15 is 0 Å². The van der Waals surface area contributed by atoms with E-state index < -0.39 is 0 Å². The van der Waals surface area contributed by atoms with Gasteiger partial charge in [0.25, 0.3) is 0 Å². The van der Waals surface area contributed by atoms with Gasteiger partial charge in [-0.15, -0.1) is 0 Å². The maximum atomic E-state index is 11.8. The number of aromatic nitrogens is 1. The summed E-state index contributed by atoms with van der Waals surface area (Å²) in [7, 11) is 1.38. The molecule has 0 aliphatic rings. The Labute approximate surface area is 205 Å². The molecule has 1 N–H and O–H groups in total. The number of rotatable bonds is 7. The normalized spacial score (nSPS) is 12.3. The van der Waals surface area contributed by atoms with Crippen LogP contribution in [-0.2, 0) is 4.74 Å². The number of hydrogen-bond donors (Lipinski definition) is 1. The van der Waals surface area contributed by atoms with Gasteiger partial charge in [0.05, 0.1) is 18.4 Å². The molecule has 4 aromatic rings. The number of carbonyl (C=O) groups excluding carboxylic acids is 1. The third kappa shape index (κ3) is 5.46. The van der Waals surface area contributed by atoms with Crippen LogP contribution in [0.2, 0.25) is 0 Å². The summed E-state index contributed by atoms with van der Waals surface area (Å²) in [6.45, 7) is 4.02. The topological polar surface area (TPSA) is 71.8 Å². The Morgan fingerprint density at radius 3 is 2.37 bits per heavy atom. The summed E-state index contributed by atoms with van der Waals surface area (Å²) >= 11 is 0. The van der Waals surface area contributed by atoms with Crippen LogP contribution in [0.1, 0.15) is 50.6 Å². The van der Waals surface area contributed by atoms with Gasteiger partial charge in [-0.1, -0.05) is 65.8 Å². The van der Waals surface area contributed by atoms with Gasteiger partial charge in [-0.25, -0.2) is 4.79 Å². The molecule has 0 spiro atoms. The molecule has 0 amide bonds. The molecule has 1 unspecified atom stereocenters. The first kappa shape index (κ1) is 23.9. The number of methoxy groups -OCH3 is 1. The van der Waals surface area contributed by atoms with Crippen molar-refractivity contribution in [2.45, 2.75) is 26.2 Å². The molecular formula is C30H28N2O3. The van der Waals surface area contributed by atoms with Crippen LogP contribution in [-0.4, -0.2) is 29.0 Å². The van der Waals surface area contributed by atoms with Crippen LogP contribution in [0.15, 0.2) is 96.3 Å². The molecule has 0 saturated heterocycles. The summed E-state index contributed by atoms with van der Waals surface area (Å²) in [6, 6.07) is 27.9. The van der Waals surface area contributed by atoms with Crippen molar-refractivity contribution in [2.24, 2.45) is 5.16 Å². The average molecular weight is 465 g/mol. The summed E-state index contributed by atoms with van der Waals surface area (Å²) in [4.78, 5) is 16.1. The van der Waals surface area contributed by atoms with E-state index in [2.05, 4.69) is 47.4 Å². The molecule has 0 fully saturated rings. The van der Waals surface area contributed by atoms with Crippen molar-refractivity contribution < 1.29 is 14.7 Å². The Balaban J connectivity index is 1.74. The highest BCUT2D eigenvalue weighted by Crippen LogP contribution is 2.34. The molecule has 1 heterocycles. The number of pyridine rings is 1. The van der Waals surface area contributed by atoms with E-state index in [4.69, 9.17) is 4.74 Å². The van der Waals surface area contributed by atoms with Crippen molar-refractivity contribution >= 4 is 11.7 Å². The average Bonchev–Trinajstić information content (AvgIpc) is 2.90. The molecule has 0 radical (unpaired) electrons. The molecule has 3 aromatic carbocycles. The molecule has 5 nitrogen and oxygen atoms in total. The molecule has 5 heteroatoms. The summed E-state index contributed by atoms with van der Waals surface area (Å²) in [5.41, 5.74) is 8.36. The van der Waals surface area contributed by atoms with Crippen molar-refractivity contribution in [1.29, 1.82) is 0 Å². The van der Waals surface area contributed by atoms with Gasteiger partial charge in [0, 0.05) is 29.8 Å². The molecule has 0 bridgehead atoms. The molecule has 0 aliphatic carbocycles. The number of ether oxygens (including phenoxy) is 1. The first-order valence-corrected chi connectivity index (χ1v) is 11.5. The minimum absolute atomic E-state index is 0.0233. The number of carbonyl (C=O) groups is 1. The second-order valence-corrected chi connectivity index (χ2v) is 8.54. The van der Waals surface area contributed by atoms with Crippen LogP contribution in [0.25, 0.3) is 11.1 Å². The molecule has 0 saturated carbocycles. The molecule has 35 heavy (non-hydrogen) atoms. The van der Waals surface area contributed by atoms with Crippen molar-refractivity contribution in [2.75, 3.05) is 7.11 Å². The Hall–Kier alpha value is -4.25. The summed E-state index contributed by atoms with van der Waals surface area (Å²) < 4.78 is 4.81. The van der Waals surface area contributed by atoms with E-state index in [1.165, 1.54) is 18.2 Å². The summed E-state index contributed by atoms with van der Waals surface area (Å²) in [5, 5.41) is 13.6. The smallest absolute Gasteiger partial charge is 0.337 e. The van der Waals surface area contributed by atoms with Gasteiger partial charge in [-0.2, -0.15) is 0 Å². The van der Waals surface area contributed by atoms with E-state index in [0.29, 0.717) is 17.7 Å². The third-order valence-electron chi connectivity index (χ3n) is 6.24. The van der Waals surface area contributed by atoms with Gasteiger partial charge in [-0.3, -0.25) is 4.98 Å². The van der Waals surface area contributed by atoms with Crippen LogP contribution in [0.5, 0.6) is 0 Å².